The number of anilines is 2. The van der Waals surface area contributed by atoms with Crippen LogP contribution in [-0.4, -0.2) is 33.6 Å². The van der Waals surface area contributed by atoms with Gasteiger partial charge in [-0.2, -0.15) is 15.0 Å². The maximum Gasteiger partial charge on any atom is 0.323 e. The number of hydrogen-bond donors (Lipinski definition) is 2. The highest BCUT2D eigenvalue weighted by atomic mass is 16.5. The van der Waals surface area contributed by atoms with Crippen LogP contribution in [0, 0.1) is 0 Å². The van der Waals surface area contributed by atoms with E-state index in [1.807, 2.05) is 13.8 Å². The van der Waals surface area contributed by atoms with Crippen molar-refractivity contribution in [2.24, 2.45) is 5.84 Å². The van der Waals surface area contributed by atoms with E-state index in [4.69, 9.17) is 10.6 Å². The maximum absolute atomic E-state index is 5.54. The Morgan fingerprint density at radius 2 is 2.11 bits per heavy atom. The summed E-state index contributed by atoms with van der Waals surface area (Å²) in [4.78, 5) is 15.0. The Labute approximate surface area is 113 Å². The monoisotopic (exact) mass is 266 g/mol. The van der Waals surface area contributed by atoms with Crippen molar-refractivity contribution in [3.63, 3.8) is 0 Å². The SMILES string of the molecule is CCCN(c1nc(NN)nc(OC(C)C)n1)C1CC1. The average Bonchev–Trinajstić information content (AvgIpc) is 3.18. The standard InChI is InChI=1S/C12H22N6O/c1-4-7-18(9-5-6-9)11-14-10(17-13)15-12(16-11)19-8(2)3/h8-9H,4-7,13H2,1-3H3,(H,14,15,16,17). The summed E-state index contributed by atoms with van der Waals surface area (Å²) in [5, 5.41) is 0. The van der Waals surface area contributed by atoms with E-state index < -0.39 is 0 Å². The number of ether oxygens (including phenoxy) is 1. The first-order valence-corrected chi connectivity index (χ1v) is 6.80. The van der Waals surface area contributed by atoms with Gasteiger partial charge < -0.3 is 9.64 Å². The topological polar surface area (TPSA) is 89.2 Å². The lowest BCUT2D eigenvalue weighted by molar-refractivity contribution is 0.222. The Balaban J connectivity index is 2.26. The highest BCUT2D eigenvalue weighted by molar-refractivity contribution is 5.40. The summed E-state index contributed by atoms with van der Waals surface area (Å²) in [5.74, 6) is 6.38. The largest absolute Gasteiger partial charge is 0.461 e. The Morgan fingerprint density at radius 3 is 2.63 bits per heavy atom. The number of rotatable bonds is 7. The molecule has 0 atom stereocenters. The molecule has 1 heterocycles. The molecule has 2 rings (SSSR count). The van der Waals surface area contributed by atoms with Crippen molar-refractivity contribution < 1.29 is 4.74 Å². The first kappa shape index (κ1) is 13.8. The first-order valence-electron chi connectivity index (χ1n) is 6.80. The van der Waals surface area contributed by atoms with Crippen LogP contribution in [0.3, 0.4) is 0 Å². The molecule has 0 saturated heterocycles. The summed E-state index contributed by atoms with van der Waals surface area (Å²) < 4.78 is 5.54. The van der Waals surface area contributed by atoms with Crippen molar-refractivity contribution in [2.75, 3.05) is 16.9 Å². The second-order valence-electron chi connectivity index (χ2n) is 4.98. The summed E-state index contributed by atoms with van der Waals surface area (Å²) in [5.41, 5.74) is 2.47. The molecule has 1 aliphatic rings. The number of nitrogen functional groups attached to an aromatic ring is 1. The van der Waals surface area contributed by atoms with Crippen LogP contribution < -0.4 is 20.9 Å². The van der Waals surface area contributed by atoms with Gasteiger partial charge in [-0.15, -0.1) is 0 Å². The molecule has 0 spiro atoms. The van der Waals surface area contributed by atoms with Crippen LogP contribution in [0.2, 0.25) is 0 Å². The van der Waals surface area contributed by atoms with Gasteiger partial charge in [0.05, 0.1) is 6.10 Å². The van der Waals surface area contributed by atoms with E-state index in [2.05, 4.69) is 32.2 Å². The van der Waals surface area contributed by atoms with E-state index in [0.29, 0.717) is 23.9 Å². The molecular formula is C12H22N6O. The zero-order valence-electron chi connectivity index (χ0n) is 11.8. The van der Waals surface area contributed by atoms with Crippen molar-refractivity contribution >= 4 is 11.9 Å². The third-order valence-electron chi connectivity index (χ3n) is 2.78. The molecule has 1 aromatic rings. The molecule has 1 aliphatic carbocycles. The fraction of sp³-hybridized carbons (Fsp3) is 0.750. The molecule has 1 saturated carbocycles. The first-order chi connectivity index (χ1) is 9.13. The summed E-state index contributed by atoms with van der Waals surface area (Å²) in [6.07, 6.45) is 3.45. The molecule has 19 heavy (non-hydrogen) atoms. The van der Waals surface area contributed by atoms with Crippen molar-refractivity contribution in [3.8, 4) is 6.01 Å². The number of hydrazine groups is 1. The second kappa shape index (κ2) is 6.01. The van der Waals surface area contributed by atoms with E-state index in [-0.39, 0.29) is 6.10 Å². The van der Waals surface area contributed by atoms with Crippen LogP contribution in [0.5, 0.6) is 6.01 Å². The molecule has 0 aromatic carbocycles. The Hall–Kier alpha value is -1.63. The van der Waals surface area contributed by atoms with Gasteiger partial charge in [-0.05, 0) is 33.1 Å². The minimum atomic E-state index is 0.0152. The average molecular weight is 266 g/mol. The van der Waals surface area contributed by atoms with Crippen LogP contribution in [-0.2, 0) is 0 Å². The van der Waals surface area contributed by atoms with E-state index in [0.717, 1.165) is 13.0 Å². The van der Waals surface area contributed by atoms with Crippen LogP contribution >= 0.6 is 0 Å². The molecule has 0 bridgehead atoms. The minimum Gasteiger partial charge on any atom is -0.461 e. The van der Waals surface area contributed by atoms with E-state index in [1.54, 1.807) is 0 Å². The number of aromatic nitrogens is 3. The Morgan fingerprint density at radius 1 is 1.37 bits per heavy atom. The highest BCUT2D eigenvalue weighted by Crippen LogP contribution is 2.30. The molecule has 0 amide bonds. The molecule has 1 fully saturated rings. The van der Waals surface area contributed by atoms with Crippen molar-refractivity contribution in [3.05, 3.63) is 0 Å². The van der Waals surface area contributed by atoms with Crippen molar-refractivity contribution in [1.82, 2.24) is 15.0 Å². The third kappa shape index (κ3) is 3.66. The smallest absolute Gasteiger partial charge is 0.323 e. The van der Waals surface area contributed by atoms with E-state index >= 15 is 0 Å². The Bertz CT molecular complexity index is 421. The fourth-order valence-electron chi connectivity index (χ4n) is 1.88. The number of nitrogens with zero attached hydrogens (tertiary/aromatic N) is 4. The van der Waals surface area contributed by atoms with Crippen LogP contribution in [0.1, 0.15) is 40.0 Å². The van der Waals surface area contributed by atoms with Gasteiger partial charge in [0.1, 0.15) is 0 Å². The highest BCUT2D eigenvalue weighted by Gasteiger charge is 2.31. The van der Waals surface area contributed by atoms with Gasteiger partial charge in [0.25, 0.3) is 0 Å². The van der Waals surface area contributed by atoms with Crippen molar-refractivity contribution in [2.45, 2.75) is 52.2 Å². The lowest BCUT2D eigenvalue weighted by Crippen LogP contribution is -2.29. The lowest BCUT2D eigenvalue weighted by Gasteiger charge is -2.22. The summed E-state index contributed by atoms with van der Waals surface area (Å²) >= 11 is 0. The predicted octanol–water partition coefficient (Wildman–Crippen LogP) is 1.32. The fourth-order valence-corrected chi connectivity index (χ4v) is 1.88. The molecule has 1 aromatic heterocycles. The molecular weight excluding hydrogens is 244 g/mol. The van der Waals surface area contributed by atoms with Gasteiger partial charge in [0.2, 0.25) is 11.9 Å². The molecule has 106 valence electrons. The summed E-state index contributed by atoms with van der Waals surface area (Å²) in [6.45, 7) is 6.94. The maximum atomic E-state index is 5.54. The normalized spacial score (nSPS) is 14.6. The van der Waals surface area contributed by atoms with Crippen LogP contribution in [0.4, 0.5) is 11.9 Å². The van der Waals surface area contributed by atoms with Gasteiger partial charge in [-0.1, -0.05) is 6.92 Å². The predicted molar refractivity (Wildman–Crippen MR) is 74.1 cm³/mol. The van der Waals surface area contributed by atoms with Gasteiger partial charge >= 0.3 is 6.01 Å². The van der Waals surface area contributed by atoms with Gasteiger partial charge in [0.15, 0.2) is 0 Å². The molecule has 7 heteroatoms. The minimum absolute atomic E-state index is 0.0152. The number of hydrogen-bond acceptors (Lipinski definition) is 7. The Kier molecular flexibility index (Phi) is 4.36. The molecule has 0 unspecified atom stereocenters. The lowest BCUT2D eigenvalue weighted by atomic mass is 10.4. The van der Waals surface area contributed by atoms with E-state index in [1.165, 1.54) is 12.8 Å². The second-order valence-corrected chi connectivity index (χ2v) is 4.98. The molecule has 0 radical (unpaired) electrons. The zero-order chi connectivity index (χ0) is 13.8. The van der Waals surface area contributed by atoms with Crippen molar-refractivity contribution in [1.29, 1.82) is 0 Å². The molecule has 0 aliphatic heterocycles. The van der Waals surface area contributed by atoms with Crippen LogP contribution in [0.25, 0.3) is 0 Å². The number of nitrogens with two attached hydrogens (primary N) is 1. The quantitative estimate of drug-likeness (QED) is 0.568. The van der Waals surface area contributed by atoms with Gasteiger partial charge in [-0.25, -0.2) is 5.84 Å². The molecule has 3 N–H and O–H groups in total. The van der Waals surface area contributed by atoms with Crippen LogP contribution in [0.15, 0.2) is 0 Å². The summed E-state index contributed by atoms with van der Waals surface area (Å²) in [6, 6.07) is 0.856. The van der Waals surface area contributed by atoms with E-state index in [9.17, 15) is 0 Å². The van der Waals surface area contributed by atoms with Gasteiger partial charge in [-0.3, -0.25) is 5.43 Å². The van der Waals surface area contributed by atoms with Gasteiger partial charge in [0, 0.05) is 12.6 Å². The third-order valence-corrected chi connectivity index (χ3v) is 2.78. The zero-order valence-corrected chi connectivity index (χ0v) is 11.8. The molecule has 7 nitrogen and oxygen atoms in total. The summed E-state index contributed by atoms with van der Waals surface area (Å²) in [7, 11) is 0. The number of nitrogens with one attached hydrogen (secondary N) is 1.